The Kier molecular flexibility index (Phi) is 7.86. The van der Waals surface area contributed by atoms with Gasteiger partial charge in [0, 0.05) is 0 Å². The highest BCUT2D eigenvalue weighted by Gasteiger charge is 2.31. The monoisotopic (exact) mass is 468 g/mol. The molecule has 0 aliphatic heterocycles. The number of aryl methyl sites for hydroxylation is 2. The van der Waals surface area contributed by atoms with Gasteiger partial charge >= 0.3 is 0 Å². The Bertz CT molecular complexity index is 1090. The minimum atomic E-state index is -0.457. The number of allylic oxidation sites excluding steroid dienone is 9. The smallest absolute Gasteiger partial charge is 0.0946 e. The van der Waals surface area contributed by atoms with Crippen molar-refractivity contribution < 1.29 is 5.11 Å². The van der Waals surface area contributed by atoms with Gasteiger partial charge in [0.15, 0.2) is 0 Å². The van der Waals surface area contributed by atoms with Gasteiger partial charge in [0.05, 0.1) is 6.10 Å². The van der Waals surface area contributed by atoms with Crippen LogP contribution in [-0.2, 0) is 6.42 Å². The summed E-state index contributed by atoms with van der Waals surface area (Å²) < 4.78 is 0. The van der Waals surface area contributed by atoms with E-state index in [2.05, 4.69) is 89.8 Å². The molecule has 1 N–H and O–H groups in total. The molecule has 0 heterocycles. The number of hydrogen-bond donors (Lipinski definition) is 1. The zero-order valence-electron chi connectivity index (χ0n) is 22.5. The van der Waals surface area contributed by atoms with E-state index in [4.69, 9.17) is 0 Å². The quantitative estimate of drug-likeness (QED) is 0.378. The minimum Gasteiger partial charge on any atom is -0.385 e. The second-order valence-corrected chi connectivity index (χ2v) is 12.4. The summed E-state index contributed by atoms with van der Waals surface area (Å²) in [6.45, 7) is 15.9. The first-order valence-electron chi connectivity index (χ1n) is 13.5. The molecule has 1 fully saturated rings. The molecule has 1 aromatic carbocycles. The van der Waals surface area contributed by atoms with Gasteiger partial charge in [0.2, 0.25) is 0 Å². The number of aliphatic hydroxyl groups excluding tert-OH is 1. The Labute approximate surface area is 213 Å². The van der Waals surface area contributed by atoms with Crippen LogP contribution in [0.25, 0.3) is 0 Å². The molecule has 1 heteroatoms. The Morgan fingerprint density at radius 2 is 1.83 bits per heavy atom. The molecule has 35 heavy (non-hydrogen) atoms. The number of hydrogen-bond acceptors (Lipinski definition) is 1. The summed E-state index contributed by atoms with van der Waals surface area (Å²) in [7, 11) is 0. The van der Waals surface area contributed by atoms with Crippen LogP contribution in [-0.4, -0.2) is 11.2 Å². The van der Waals surface area contributed by atoms with Gasteiger partial charge in [-0.1, -0.05) is 100 Å². The summed E-state index contributed by atoms with van der Waals surface area (Å²) >= 11 is 0. The van der Waals surface area contributed by atoms with Crippen molar-refractivity contribution in [1.29, 1.82) is 0 Å². The summed E-state index contributed by atoms with van der Waals surface area (Å²) in [6.07, 6.45) is 18.7. The fourth-order valence-corrected chi connectivity index (χ4v) is 5.65. The molecular formula is C34H44O. The topological polar surface area (TPSA) is 20.2 Å². The third-order valence-electron chi connectivity index (χ3n) is 7.90. The lowest BCUT2D eigenvalue weighted by Crippen LogP contribution is -2.11. The molecule has 0 radical (unpaired) electrons. The van der Waals surface area contributed by atoms with Crippen molar-refractivity contribution in [2.45, 2.75) is 85.7 Å². The van der Waals surface area contributed by atoms with Crippen molar-refractivity contribution in [2.24, 2.45) is 17.3 Å². The molecule has 3 unspecified atom stereocenters. The van der Waals surface area contributed by atoms with Crippen molar-refractivity contribution in [3.63, 3.8) is 0 Å². The van der Waals surface area contributed by atoms with Crippen LogP contribution in [0.3, 0.4) is 0 Å². The number of aliphatic hydroxyl groups is 1. The Morgan fingerprint density at radius 1 is 1.09 bits per heavy atom. The second-order valence-electron chi connectivity index (χ2n) is 12.4. The van der Waals surface area contributed by atoms with Crippen LogP contribution in [0, 0.1) is 24.2 Å². The largest absolute Gasteiger partial charge is 0.385 e. The zero-order valence-corrected chi connectivity index (χ0v) is 22.5. The summed E-state index contributed by atoms with van der Waals surface area (Å²) in [5.74, 6) is 1.28. The molecule has 186 valence electrons. The van der Waals surface area contributed by atoms with Crippen LogP contribution >= 0.6 is 0 Å². The molecule has 3 atom stereocenters. The first-order chi connectivity index (χ1) is 16.6. The van der Waals surface area contributed by atoms with E-state index < -0.39 is 6.10 Å². The molecule has 1 saturated carbocycles. The predicted molar refractivity (Wildman–Crippen MR) is 150 cm³/mol. The third-order valence-corrected chi connectivity index (χ3v) is 7.90. The van der Waals surface area contributed by atoms with Crippen molar-refractivity contribution >= 4 is 0 Å². The second kappa shape index (κ2) is 10.7. The molecule has 4 rings (SSSR count). The van der Waals surface area contributed by atoms with E-state index >= 15 is 0 Å². The van der Waals surface area contributed by atoms with Gasteiger partial charge in [-0.25, -0.2) is 0 Å². The van der Waals surface area contributed by atoms with Crippen LogP contribution < -0.4 is 0 Å². The average molecular weight is 469 g/mol. The standard InChI is InChI=1S/C34H44O/c1-23-7-10-26(11-8-23)12-13-27-14-16-29(20-27)31(17-18-34(4,5)6)25(3)30-21-32(33(35)22-30)28-15-9-24(2)19-28/h7-8,10-11,14,16-17,21-22,24,28,33,35H,3,9,12-13,15,18-20H2,1-2,4-6H3/b31-17-. The highest BCUT2D eigenvalue weighted by molar-refractivity contribution is 5.63. The molecule has 3 aliphatic carbocycles. The normalized spacial score (nSPS) is 24.9. The Balaban J connectivity index is 1.47. The van der Waals surface area contributed by atoms with Crippen molar-refractivity contribution in [1.82, 2.24) is 0 Å². The Morgan fingerprint density at radius 3 is 2.49 bits per heavy atom. The van der Waals surface area contributed by atoms with E-state index in [-0.39, 0.29) is 5.41 Å². The molecule has 3 aliphatic rings. The maximum Gasteiger partial charge on any atom is 0.0946 e. The van der Waals surface area contributed by atoms with E-state index in [9.17, 15) is 5.11 Å². The number of benzene rings is 1. The predicted octanol–water partition coefficient (Wildman–Crippen LogP) is 8.77. The first-order valence-corrected chi connectivity index (χ1v) is 13.5. The highest BCUT2D eigenvalue weighted by atomic mass is 16.3. The van der Waals surface area contributed by atoms with Gasteiger partial charge in [0.1, 0.15) is 0 Å². The summed E-state index contributed by atoms with van der Waals surface area (Å²) in [5, 5.41) is 10.9. The van der Waals surface area contributed by atoms with Gasteiger partial charge in [-0.05, 0) is 102 Å². The summed E-state index contributed by atoms with van der Waals surface area (Å²) in [6, 6.07) is 8.92. The first kappa shape index (κ1) is 25.7. The van der Waals surface area contributed by atoms with Gasteiger partial charge in [-0.3, -0.25) is 0 Å². The van der Waals surface area contributed by atoms with E-state index in [0.29, 0.717) is 5.92 Å². The van der Waals surface area contributed by atoms with Crippen LogP contribution in [0.5, 0.6) is 0 Å². The summed E-state index contributed by atoms with van der Waals surface area (Å²) in [4.78, 5) is 0. The van der Waals surface area contributed by atoms with Crippen molar-refractivity contribution in [3.05, 3.63) is 106 Å². The molecule has 0 bridgehead atoms. The van der Waals surface area contributed by atoms with E-state index in [1.165, 1.54) is 52.7 Å². The fraction of sp³-hybridized carbons (Fsp3) is 0.471. The number of rotatable bonds is 8. The maximum absolute atomic E-state index is 10.9. The van der Waals surface area contributed by atoms with Crippen LogP contribution in [0.15, 0.2) is 94.7 Å². The Hall–Kier alpha value is -2.38. The minimum absolute atomic E-state index is 0.219. The van der Waals surface area contributed by atoms with E-state index in [1.807, 2.05) is 6.08 Å². The van der Waals surface area contributed by atoms with Crippen LogP contribution in [0.2, 0.25) is 0 Å². The molecular weight excluding hydrogens is 424 g/mol. The average Bonchev–Trinajstić information content (AvgIpc) is 3.53. The van der Waals surface area contributed by atoms with Gasteiger partial charge in [-0.2, -0.15) is 0 Å². The molecule has 0 aromatic heterocycles. The van der Waals surface area contributed by atoms with Gasteiger partial charge < -0.3 is 5.11 Å². The van der Waals surface area contributed by atoms with Crippen molar-refractivity contribution in [3.8, 4) is 0 Å². The van der Waals surface area contributed by atoms with E-state index in [0.717, 1.165) is 42.7 Å². The highest BCUT2D eigenvalue weighted by Crippen LogP contribution is 2.42. The van der Waals surface area contributed by atoms with Gasteiger partial charge in [-0.15, -0.1) is 0 Å². The molecule has 0 spiro atoms. The lowest BCUT2D eigenvalue weighted by molar-refractivity contribution is 0.246. The SMILES string of the molecule is C=C(C1=CC(O)C(C2CCC(C)C2)=C1)/C(=C/CC(C)(C)C)C1=CC=C(CCc2ccc(C)cc2)C1. The third kappa shape index (κ3) is 6.64. The molecule has 0 saturated heterocycles. The lowest BCUT2D eigenvalue weighted by atomic mass is 9.86. The molecule has 1 nitrogen and oxygen atoms in total. The van der Waals surface area contributed by atoms with Crippen molar-refractivity contribution in [2.75, 3.05) is 0 Å². The zero-order chi connectivity index (χ0) is 25.2. The fourth-order valence-electron chi connectivity index (χ4n) is 5.65. The van der Waals surface area contributed by atoms with E-state index in [1.54, 1.807) is 0 Å². The van der Waals surface area contributed by atoms with Crippen LogP contribution in [0.1, 0.15) is 77.3 Å². The van der Waals surface area contributed by atoms with Crippen LogP contribution in [0.4, 0.5) is 0 Å². The molecule has 0 amide bonds. The lowest BCUT2D eigenvalue weighted by Gasteiger charge is -2.19. The molecule has 1 aromatic rings. The summed E-state index contributed by atoms with van der Waals surface area (Å²) in [5.41, 5.74) is 10.4. The van der Waals surface area contributed by atoms with Gasteiger partial charge in [0.25, 0.3) is 0 Å². The maximum atomic E-state index is 10.9.